The lowest BCUT2D eigenvalue weighted by Gasteiger charge is -2.04. The molecule has 3 rings (SSSR count). The van der Waals surface area contributed by atoms with Gasteiger partial charge in [-0.05, 0) is 30.3 Å². The maximum atomic E-state index is 9.09. The Morgan fingerprint density at radius 1 is 1.30 bits per heavy atom. The third kappa shape index (κ3) is 2.19. The van der Waals surface area contributed by atoms with Gasteiger partial charge in [-0.3, -0.25) is 0 Å². The average molecular weight is 329 g/mol. The molecule has 0 saturated carbocycles. The predicted molar refractivity (Wildman–Crippen MR) is 80.6 cm³/mol. The summed E-state index contributed by atoms with van der Waals surface area (Å²) < 4.78 is 6.42. The summed E-state index contributed by atoms with van der Waals surface area (Å²) in [7, 11) is 0. The molecule has 3 N–H and O–H groups in total. The first-order valence-corrected chi connectivity index (χ1v) is 6.58. The van der Waals surface area contributed by atoms with E-state index in [9.17, 15) is 0 Å². The predicted octanol–water partition coefficient (Wildman–Crippen LogP) is 3.79. The van der Waals surface area contributed by atoms with E-state index in [4.69, 9.17) is 15.4 Å². The minimum Gasteiger partial charge on any atom is -0.423 e. The van der Waals surface area contributed by atoms with E-state index < -0.39 is 0 Å². The van der Waals surface area contributed by atoms with E-state index >= 15 is 0 Å². The molecule has 0 amide bonds. The van der Waals surface area contributed by atoms with Crippen molar-refractivity contribution >= 4 is 44.4 Å². The van der Waals surface area contributed by atoms with Crippen LogP contribution in [0.1, 0.15) is 5.56 Å². The number of halogens is 1. The lowest BCUT2D eigenvalue weighted by Crippen LogP contribution is -1.94. The minimum absolute atomic E-state index is 0.299. The zero-order chi connectivity index (χ0) is 14.1. The number of benzene rings is 2. The van der Waals surface area contributed by atoms with Crippen LogP contribution in [-0.4, -0.2) is 4.98 Å². The van der Waals surface area contributed by atoms with Crippen LogP contribution in [0, 0.1) is 11.3 Å². The molecule has 0 bridgehead atoms. The first-order chi connectivity index (χ1) is 9.67. The zero-order valence-electron chi connectivity index (χ0n) is 10.2. The molecule has 0 spiro atoms. The van der Waals surface area contributed by atoms with Crippen molar-refractivity contribution in [3.63, 3.8) is 0 Å². The Bertz CT molecular complexity index is 835. The zero-order valence-corrected chi connectivity index (χ0v) is 11.8. The highest BCUT2D eigenvalue weighted by molar-refractivity contribution is 9.10. The number of hydrogen-bond acceptors (Lipinski definition) is 5. The molecule has 20 heavy (non-hydrogen) atoms. The first kappa shape index (κ1) is 12.5. The molecule has 3 aromatic rings. The van der Waals surface area contributed by atoms with Gasteiger partial charge in [-0.25, -0.2) is 0 Å². The molecule has 98 valence electrons. The van der Waals surface area contributed by atoms with Crippen LogP contribution in [0.2, 0.25) is 0 Å². The number of nitrogens with two attached hydrogens (primary N) is 1. The van der Waals surface area contributed by atoms with E-state index in [1.165, 1.54) is 0 Å². The second-order valence-corrected chi connectivity index (χ2v) is 5.06. The molecule has 0 radical (unpaired) electrons. The molecule has 0 saturated heterocycles. The van der Waals surface area contributed by atoms with Gasteiger partial charge in [0.1, 0.15) is 11.6 Å². The van der Waals surface area contributed by atoms with Gasteiger partial charge in [-0.15, -0.1) is 0 Å². The Balaban J connectivity index is 2.04. The molecule has 0 unspecified atom stereocenters. The van der Waals surface area contributed by atoms with E-state index in [0.717, 1.165) is 4.47 Å². The summed E-state index contributed by atoms with van der Waals surface area (Å²) in [5, 5.41) is 12.1. The molecule has 2 aromatic carbocycles. The fourth-order valence-corrected chi connectivity index (χ4v) is 2.22. The Morgan fingerprint density at radius 2 is 2.15 bits per heavy atom. The van der Waals surface area contributed by atoms with E-state index in [1.54, 1.807) is 36.4 Å². The molecule has 1 heterocycles. The second kappa shape index (κ2) is 4.87. The van der Waals surface area contributed by atoms with Crippen LogP contribution in [-0.2, 0) is 0 Å². The standard InChI is InChI=1S/C14H9BrN4O/c15-9-5-4-8(7-16)11(6-9)18-14-19-13-10(17)2-1-3-12(13)20-14/h1-6H,17H2,(H,18,19). The van der Waals surface area contributed by atoms with Gasteiger partial charge in [0.25, 0.3) is 6.01 Å². The second-order valence-electron chi connectivity index (χ2n) is 4.14. The molecule has 0 atom stereocenters. The van der Waals surface area contributed by atoms with Gasteiger partial charge in [-0.2, -0.15) is 10.2 Å². The summed E-state index contributed by atoms with van der Waals surface area (Å²) in [5.41, 5.74) is 8.70. The number of rotatable bonds is 2. The fraction of sp³-hybridized carbons (Fsp3) is 0. The van der Waals surface area contributed by atoms with Crippen molar-refractivity contribution in [2.75, 3.05) is 11.1 Å². The van der Waals surface area contributed by atoms with Gasteiger partial charge >= 0.3 is 0 Å². The molecular weight excluding hydrogens is 320 g/mol. The highest BCUT2D eigenvalue weighted by atomic mass is 79.9. The van der Waals surface area contributed by atoms with Gasteiger partial charge in [0.05, 0.1) is 16.9 Å². The molecule has 1 aromatic heterocycles. The van der Waals surface area contributed by atoms with Crippen LogP contribution in [0.5, 0.6) is 0 Å². The molecule has 0 fully saturated rings. The Morgan fingerprint density at radius 3 is 2.90 bits per heavy atom. The number of oxazole rings is 1. The van der Waals surface area contributed by atoms with E-state index in [2.05, 4.69) is 32.3 Å². The molecule has 6 heteroatoms. The third-order valence-electron chi connectivity index (χ3n) is 2.79. The Kier molecular flexibility index (Phi) is 3.05. The summed E-state index contributed by atoms with van der Waals surface area (Å²) in [6, 6.07) is 13.1. The number of aromatic nitrogens is 1. The number of para-hydroxylation sites is 1. The van der Waals surface area contributed by atoms with Crippen molar-refractivity contribution in [3.05, 3.63) is 46.4 Å². The maximum absolute atomic E-state index is 9.09. The number of nitrogens with zero attached hydrogens (tertiary/aromatic N) is 2. The van der Waals surface area contributed by atoms with Crippen LogP contribution in [0.3, 0.4) is 0 Å². The first-order valence-electron chi connectivity index (χ1n) is 5.79. The monoisotopic (exact) mass is 328 g/mol. The lowest BCUT2D eigenvalue weighted by atomic mass is 10.2. The summed E-state index contributed by atoms with van der Waals surface area (Å²) in [5.74, 6) is 0. The fourth-order valence-electron chi connectivity index (χ4n) is 1.86. The van der Waals surface area contributed by atoms with Crippen molar-refractivity contribution in [2.24, 2.45) is 0 Å². The lowest BCUT2D eigenvalue weighted by molar-refractivity contribution is 0.623. The number of hydrogen-bond donors (Lipinski definition) is 2. The van der Waals surface area contributed by atoms with E-state index in [-0.39, 0.29) is 0 Å². The summed E-state index contributed by atoms with van der Waals surface area (Å²) >= 11 is 3.36. The molecular formula is C14H9BrN4O. The van der Waals surface area contributed by atoms with Gasteiger partial charge in [0.15, 0.2) is 5.58 Å². The van der Waals surface area contributed by atoms with Crippen molar-refractivity contribution in [1.82, 2.24) is 4.98 Å². The minimum atomic E-state index is 0.299. The van der Waals surface area contributed by atoms with Crippen LogP contribution in [0.25, 0.3) is 11.1 Å². The quantitative estimate of drug-likeness (QED) is 0.699. The smallest absolute Gasteiger partial charge is 0.300 e. The number of anilines is 3. The molecule has 0 aliphatic heterocycles. The number of fused-ring (bicyclic) bond motifs is 1. The van der Waals surface area contributed by atoms with Crippen LogP contribution < -0.4 is 11.1 Å². The number of nitriles is 1. The highest BCUT2D eigenvalue weighted by Gasteiger charge is 2.10. The highest BCUT2D eigenvalue weighted by Crippen LogP contribution is 2.28. The van der Waals surface area contributed by atoms with Crippen LogP contribution in [0.15, 0.2) is 45.3 Å². The van der Waals surface area contributed by atoms with Crippen molar-refractivity contribution < 1.29 is 4.42 Å². The normalized spacial score (nSPS) is 10.4. The van der Waals surface area contributed by atoms with Crippen molar-refractivity contribution in [2.45, 2.75) is 0 Å². The maximum Gasteiger partial charge on any atom is 0.300 e. The SMILES string of the molecule is N#Cc1ccc(Br)cc1Nc1nc2c(N)cccc2o1. The van der Waals surface area contributed by atoms with Gasteiger partial charge in [0.2, 0.25) is 0 Å². The Hall–Kier alpha value is -2.52. The molecule has 0 aliphatic carbocycles. The van der Waals surface area contributed by atoms with Crippen molar-refractivity contribution in [3.8, 4) is 6.07 Å². The summed E-state index contributed by atoms with van der Waals surface area (Å²) in [4.78, 5) is 4.29. The Labute approximate surface area is 123 Å². The van der Waals surface area contributed by atoms with Gasteiger partial charge < -0.3 is 15.5 Å². The van der Waals surface area contributed by atoms with Gasteiger partial charge in [0, 0.05) is 4.47 Å². The van der Waals surface area contributed by atoms with Crippen LogP contribution in [0.4, 0.5) is 17.4 Å². The molecule has 5 nitrogen and oxygen atoms in total. The van der Waals surface area contributed by atoms with Gasteiger partial charge in [-0.1, -0.05) is 22.0 Å². The van der Waals surface area contributed by atoms with E-state index in [1.807, 2.05) is 0 Å². The summed E-state index contributed by atoms with van der Waals surface area (Å²) in [6.07, 6.45) is 0. The van der Waals surface area contributed by atoms with Crippen molar-refractivity contribution in [1.29, 1.82) is 5.26 Å². The largest absolute Gasteiger partial charge is 0.423 e. The van der Waals surface area contributed by atoms with E-state index in [0.29, 0.717) is 34.1 Å². The molecule has 0 aliphatic rings. The summed E-state index contributed by atoms with van der Waals surface area (Å²) in [6.45, 7) is 0. The number of nitrogen functional groups attached to an aromatic ring is 1. The third-order valence-corrected chi connectivity index (χ3v) is 3.29. The number of nitrogens with one attached hydrogen (secondary N) is 1. The average Bonchev–Trinajstić information content (AvgIpc) is 2.83. The van der Waals surface area contributed by atoms with Crippen LogP contribution >= 0.6 is 15.9 Å². The topological polar surface area (TPSA) is 87.9 Å².